The summed E-state index contributed by atoms with van der Waals surface area (Å²) in [6.45, 7) is 6.48. The molecular weight excluding hydrogens is 180 g/mol. The molecular formula is C9H20N4O. The average Bonchev–Trinajstić information content (AvgIpc) is 2.60. The molecule has 82 valence electrons. The van der Waals surface area contributed by atoms with Crippen LogP contribution in [0.15, 0.2) is 4.99 Å². The van der Waals surface area contributed by atoms with Gasteiger partial charge in [-0.05, 0) is 19.8 Å². The topological polar surface area (TPSA) is 71.7 Å². The smallest absolute Gasteiger partial charge is 0.206 e. The van der Waals surface area contributed by atoms with Gasteiger partial charge in [-0.3, -0.25) is 10.4 Å². The molecule has 1 aliphatic rings. The van der Waals surface area contributed by atoms with Crippen molar-refractivity contribution in [2.45, 2.75) is 32.2 Å². The number of hydrazine groups is 1. The molecule has 1 heterocycles. The Hall–Kier alpha value is -0.810. The van der Waals surface area contributed by atoms with Crippen LogP contribution in [-0.4, -0.2) is 31.3 Å². The summed E-state index contributed by atoms with van der Waals surface area (Å²) in [5.41, 5.74) is 2.54. The van der Waals surface area contributed by atoms with Gasteiger partial charge in [0, 0.05) is 13.2 Å². The highest BCUT2D eigenvalue weighted by Crippen LogP contribution is 2.16. The molecule has 0 bridgehead atoms. The number of nitrogens with zero attached hydrogens (tertiary/aromatic N) is 1. The van der Waals surface area contributed by atoms with E-state index in [4.69, 9.17) is 10.6 Å². The fraction of sp³-hybridized carbons (Fsp3) is 0.889. The van der Waals surface area contributed by atoms with Crippen molar-refractivity contribution in [2.75, 3.05) is 19.8 Å². The van der Waals surface area contributed by atoms with Crippen LogP contribution in [0.5, 0.6) is 0 Å². The first-order valence-electron chi connectivity index (χ1n) is 5.07. The normalized spacial score (nSPS) is 27.8. The van der Waals surface area contributed by atoms with Crippen LogP contribution in [0.1, 0.15) is 26.7 Å². The molecule has 0 aromatic heterocycles. The quantitative estimate of drug-likeness (QED) is 0.259. The number of nitrogens with one attached hydrogen (secondary N) is 2. The summed E-state index contributed by atoms with van der Waals surface area (Å²) in [6.07, 6.45) is 2.00. The number of aliphatic imine (C=N–C) groups is 1. The second kappa shape index (κ2) is 5.17. The maximum atomic E-state index is 5.37. The maximum Gasteiger partial charge on any atom is 0.206 e. The number of ether oxygens (including phenoxy) is 1. The van der Waals surface area contributed by atoms with Crippen molar-refractivity contribution in [1.82, 2.24) is 10.7 Å². The molecule has 1 aliphatic heterocycles. The summed E-state index contributed by atoms with van der Waals surface area (Å²) in [5.74, 6) is 6.02. The van der Waals surface area contributed by atoms with Crippen molar-refractivity contribution in [3.63, 3.8) is 0 Å². The second-order valence-electron chi connectivity index (χ2n) is 3.86. The fourth-order valence-electron chi connectivity index (χ4n) is 1.40. The van der Waals surface area contributed by atoms with Crippen LogP contribution in [0, 0.1) is 0 Å². The first-order chi connectivity index (χ1) is 6.70. The molecule has 4 N–H and O–H groups in total. The van der Waals surface area contributed by atoms with Gasteiger partial charge in [-0.15, -0.1) is 0 Å². The van der Waals surface area contributed by atoms with Crippen LogP contribution in [0.2, 0.25) is 0 Å². The molecule has 0 aromatic carbocycles. The molecule has 5 nitrogen and oxygen atoms in total. The minimum absolute atomic E-state index is 0.0288. The van der Waals surface area contributed by atoms with Crippen LogP contribution in [0.25, 0.3) is 0 Å². The highest BCUT2D eigenvalue weighted by atomic mass is 16.5. The van der Waals surface area contributed by atoms with Crippen molar-refractivity contribution in [2.24, 2.45) is 10.8 Å². The van der Waals surface area contributed by atoms with Crippen molar-refractivity contribution in [3.05, 3.63) is 0 Å². The highest BCUT2D eigenvalue weighted by Gasteiger charge is 2.30. The van der Waals surface area contributed by atoms with Crippen molar-refractivity contribution < 1.29 is 4.74 Å². The molecule has 0 radical (unpaired) electrons. The van der Waals surface area contributed by atoms with Gasteiger partial charge in [0.15, 0.2) is 0 Å². The number of hydrogen-bond donors (Lipinski definition) is 3. The summed E-state index contributed by atoms with van der Waals surface area (Å²) in [5, 5.41) is 3.27. The standard InChI is InChI=1S/C9H20N4O/c1-3-5-11-8(13-10)12-9(2)4-6-14-7-9/h3-7,10H2,1-2H3,(H2,11,12,13). The Kier molecular flexibility index (Phi) is 4.16. The number of guanidine groups is 1. The largest absolute Gasteiger partial charge is 0.379 e. The molecule has 14 heavy (non-hydrogen) atoms. The molecule has 0 aromatic rings. The lowest BCUT2D eigenvalue weighted by Gasteiger charge is -2.25. The molecule has 1 unspecified atom stereocenters. The first-order valence-corrected chi connectivity index (χ1v) is 5.07. The molecule has 1 rings (SSSR count). The first kappa shape index (κ1) is 11.3. The average molecular weight is 200 g/mol. The Balaban J connectivity index is 2.46. The van der Waals surface area contributed by atoms with Crippen LogP contribution in [-0.2, 0) is 4.74 Å². The fourth-order valence-corrected chi connectivity index (χ4v) is 1.40. The van der Waals surface area contributed by atoms with Gasteiger partial charge in [0.25, 0.3) is 0 Å². The molecule has 0 aliphatic carbocycles. The van der Waals surface area contributed by atoms with E-state index in [9.17, 15) is 0 Å². The third kappa shape index (κ3) is 3.16. The van der Waals surface area contributed by atoms with Crippen LogP contribution >= 0.6 is 0 Å². The van der Waals surface area contributed by atoms with E-state index in [1.807, 2.05) is 0 Å². The third-order valence-corrected chi connectivity index (χ3v) is 2.27. The minimum atomic E-state index is -0.0288. The van der Waals surface area contributed by atoms with Gasteiger partial charge in [-0.25, -0.2) is 5.84 Å². The van der Waals surface area contributed by atoms with Crippen LogP contribution in [0.3, 0.4) is 0 Å². The molecule has 0 spiro atoms. The lowest BCUT2D eigenvalue weighted by molar-refractivity contribution is 0.177. The van der Waals surface area contributed by atoms with Crippen molar-refractivity contribution in [1.29, 1.82) is 0 Å². The molecule has 1 atom stereocenters. The summed E-state index contributed by atoms with van der Waals surface area (Å²) in [4.78, 5) is 4.28. The maximum absolute atomic E-state index is 5.37. The number of hydrogen-bond acceptors (Lipinski definition) is 3. The molecule has 1 fully saturated rings. The minimum Gasteiger partial charge on any atom is -0.379 e. The zero-order chi connectivity index (χ0) is 10.4. The van der Waals surface area contributed by atoms with E-state index in [0.29, 0.717) is 12.6 Å². The summed E-state index contributed by atoms with van der Waals surface area (Å²) >= 11 is 0. The Morgan fingerprint density at radius 1 is 1.64 bits per heavy atom. The van der Waals surface area contributed by atoms with E-state index >= 15 is 0 Å². The van der Waals surface area contributed by atoms with E-state index in [1.165, 1.54) is 0 Å². The van der Waals surface area contributed by atoms with Crippen LogP contribution in [0.4, 0.5) is 0 Å². The lowest BCUT2D eigenvalue weighted by atomic mass is 10.0. The predicted molar refractivity (Wildman–Crippen MR) is 56.9 cm³/mol. The number of nitrogens with two attached hydrogens (primary N) is 1. The lowest BCUT2D eigenvalue weighted by Crippen LogP contribution is -2.53. The van der Waals surface area contributed by atoms with Gasteiger partial charge < -0.3 is 10.1 Å². The summed E-state index contributed by atoms with van der Waals surface area (Å²) in [6, 6.07) is 0. The number of rotatable bonds is 3. The van der Waals surface area contributed by atoms with E-state index in [0.717, 1.165) is 26.0 Å². The van der Waals surface area contributed by atoms with Crippen molar-refractivity contribution >= 4 is 5.96 Å². The van der Waals surface area contributed by atoms with Crippen molar-refractivity contribution in [3.8, 4) is 0 Å². The van der Waals surface area contributed by atoms with Gasteiger partial charge >= 0.3 is 0 Å². The van der Waals surface area contributed by atoms with E-state index < -0.39 is 0 Å². The van der Waals surface area contributed by atoms with Gasteiger partial charge in [-0.2, -0.15) is 0 Å². The monoisotopic (exact) mass is 200 g/mol. The predicted octanol–water partition coefficient (Wildman–Crippen LogP) is -0.0157. The van der Waals surface area contributed by atoms with Gasteiger partial charge in [0.2, 0.25) is 5.96 Å². The zero-order valence-corrected chi connectivity index (χ0v) is 8.97. The van der Waals surface area contributed by atoms with Crippen LogP contribution < -0.4 is 16.6 Å². The highest BCUT2D eigenvalue weighted by molar-refractivity contribution is 5.80. The van der Waals surface area contributed by atoms with E-state index in [-0.39, 0.29) is 5.54 Å². The molecule has 5 heteroatoms. The Morgan fingerprint density at radius 3 is 2.93 bits per heavy atom. The third-order valence-electron chi connectivity index (χ3n) is 2.27. The van der Waals surface area contributed by atoms with Gasteiger partial charge in [0.05, 0.1) is 12.1 Å². The van der Waals surface area contributed by atoms with Gasteiger partial charge in [0.1, 0.15) is 0 Å². The van der Waals surface area contributed by atoms with E-state index in [1.54, 1.807) is 0 Å². The molecule has 0 saturated carbocycles. The van der Waals surface area contributed by atoms with Gasteiger partial charge in [-0.1, -0.05) is 6.92 Å². The Morgan fingerprint density at radius 2 is 2.43 bits per heavy atom. The Labute approximate surface area is 85.1 Å². The second-order valence-corrected chi connectivity index (χ2v) is 3.86. The summed E-state index contributed by atoms with van der Waals surface area (Å²) < 4.78 is 5.32. The molecule has 0 amide bonds. The summed E-state index contributed by atoms with van der Waals surface area (Å²) in [7, 11) is 0. The zero-order valence-electron chi connectivity index (χ0n) is 8.97. The Bertz CT molecular complexity index is 199. The molecule has 1 saturated heterocycles. The van der Waals surface area contributed by atoms with E-state index in [2.05, 4.69) is 29.6 Å². The SMILES string of the molecule is CCCN=C(NN)NC1(C)CCOC1.